The van der Waals surface area contributed by atoms with E-state index in [1.54, 1.807) is 7.11 Å². The van der Waals surface area contributed by atoms with Gasteiger partial charge in [0.2, 0.25) is 0 Å². The molecule has 1 rings (SSSR count). The molecule has 0 atom stereocenters. The van der Waals surface area contributed by atoms with Gasteiger partial charge in [0.15, 0.2) is 0 Å². The highest BCUT2D eigenvalue weighted by atomic mass is 19.1. The van der Waals surface area contributed by atoms with Crippen molar-refractivity contribution in [3.8, 4) is 0 Å². The predicted molar refractivity (Wildman–Crippen MR) is 64.6 cm³/mol. The summed E-state index contributed by atoms with van der Waals surface area (Å²) < 4.78 is 18.3. The molecule has 0 bridgehead atoms. The average molecular weight is 222 g/mol. The molecule has 88 valence electrons. The van der Waals surface area contributed by atoms with Crippen LogP contribution in [0.25, 0.3) is 0 Å². The van der Waals surface area contributed by atoms with Crippen molar-refractivity contribution in [2.75, 3.05) is 7.11 Å². The summed E-state index contributed by atoms with van der Waals surface area (Å²) in [5.41, 5.74) is 2.40. The normalized spacial score (nSPS) is 19.1. The van der Waals surface area contributed by atoms with Crippen LogP contribution in [0.3, 0.4) is 0 Å². The second-order valence-corrected chi connectivity index (χ2v) is 4.05. The lowest BCUT2D eigenvalue weighted by atomic mass is 9.89. The van der Waals surface area contributed by atoms with Crippen molar-refractivity contribution >= 4 is 0 Å². The first-order valence-corrected chi connectivity index (χ1v) is 5.75. The Morgan fingerprint density at radius 1 is 1.38 bits per heavy atom. The van der Waals surface area contributed by atoms with Crippen molar-refractivity contribution in [2.24, 2.45) is 5.92 Å². The Morgan fingerprint density at radius 3 is 2.62 bits per heavy atom. The van der Waals surface area contributed by atoms with Crippen LogP contribution in [0.2, 0.25) is 0 Å². The molecule has 1 saturated carbocycles. The minimum absolute atomic E-state index is 0.376. The van der Waals surface area contributed by atoms with Gasteiger partial charge in [-0.1, -0.05) is 25.8 Å². The van der Waals surface area contributed by atoms with Gasteiger partial charge in [-0.15, -0.1) is 5.73 Å². The number of rotatable bonds is 4. The molecular weight excluding hydrogens is 203 g/mol. The third-order valence-corrected chi connectivity index (χ3v) is 2.81. The summed E-state index contributed by atoms with van der Waals surface area (Å²) in [4.78, 5) is 0. The van der Waals surface area contributed by atoms with Crippen molar-refractivity contribution in [3.63, 3.8) is 0 Å². The smallest absolute Gasteiger partial charge is 0.134 e. The van der Waals surface area contributed by atoms with Crippen molar-refractivity contribution in [1.29, 1.82) is 0 Å². The van der Waals surface area contributed by atoms with E-state index in [0.29, 0.717) is 11.7 Å². The van der Waals surface area contributed by atoms with E-state index in [1.807, 2.05) is 6.08 Å². The fraction of sp³-hybridized carbons (Fsp3) is 0.500. The molecule has 0 saturated heterocycles. The van der Waals surface area contributed by atoms with E-state index in [2.05, 4.69) is 12.3 Å². The third-order valence-electron chi connectivity index (χ3n) is 2.81. The minimum Gasteiger partial charge on any atom is -0.497 e. The Balaban J connectivity index is 2.68. The molecule has 0 unspecified atom stereocenters. The van der Waals surface area contributed by atoms with E-state index in [-0.39, 0.29) is 5.83 Å². The zero-order valence-electron chi connectivity index (χ0n) is 9.84. The van der Waals surface area contributed by atoms with Crippen LogP contribution in [0.15, 0.2) is 42.1 Å². The van der Waals surface area contributed by atoms with Crippen LogP contribution in [-0.4, -0.2) is 7.11 Å². The summed E-state index contributed by atoms with van der Waals surface area (Å²) in [5, 5.41) is 0. The molecule has 2 heteroatoms. The van der Waals surface area contributed by atoms with Gasteiger partial charge in [-0.25, -0.2) is 4.39 Å². The van der Waals surface area contributed by atoms with E-state index in [0.717, 1.165) is 0 Å². The van der Waals surface area contributed by atoms with Gasteiger partial charge in [0, 0.05) is 12.2 Å². The second-order valence-electron chi connectivity index (χ2n) is 4.05. The molecule has 1 fully saturated rings. The lowest BCUT2D eigenvalue weighted by Crippen LogP contribution is -2.04. The quantitative estimate of drug-likeness (QED) is 0.391. The zero-order valence-corrected chi connectivity index (χ0v) is 9.84. The Morgan fingerprint density at radius 2 is 2.06 bits per heavy atom. The van der Waals surface area contributed by atoms with Crippen LogP contribution >= 0.6 is 0 Å². The lowest BCUT2D eigenvalue weighted by Gasteiger charge is -2.18. The highest BCUT2D eigenvalue weighted by molar-refractivity contribution is 5.22. The summed E-state index contributed by atoms with van der Waals surface area (Å²) in [6, 6.07) is 0. The average Bonchev–Trinajstić information content (AvgIpc) is 2.30. The van der Waals surface area contributed by atoms with Gasteiger partial charge in [0.1, 0.15) is 11.6 Å². The fourth-order valence-corrected chi connectivity index (χ4v) is 1.98. The Bertz CT molecular complexity index is 316. The lowest BCUT2D eigenvalue weighted by molar-refractivity contribution is 0.296. The molecule has 0 aromatic carbocycles. The molecule has 1 aliphatic rings. The summed E-state index contributed by atoms with van der Waals surface area (Å²) in [6.07, 6.45) is 10.8. The maximum Gasteiger partial charge on any atom is 0.134 e. The largest absolute Gasteiger partial charge is 0.497 e. The number of hydrogen-bond acceptors (Lipinski definition) is 1. The van der Waals surface area contributed by atoms with Crippen molar-refractivity contribution in [1.82, 2.24) is 0 Å². The molecule has 0 aromatic heterocycles. The van der Waals surface area contributed by atoms with Crippen LogP contribution in [0.4, 0.5) is 4.39 Å². The minimum atomic E-state index is -0.376. The maximum atomic E-state index is 13.2. The SMILES string of the molecule is C=C=C/C(F)=C\C(=C\C1CCCCC1)OC. The molecule has 1 nitrogen and oxygen atoms in total. The first kappa shape index (κ1) is 12.8. The van der Waals surface area contributed by atoms with Crippen LogP contribution in [0.1, 0.15) is 32.1 Å². The molecule has 0 heterocycles. The first-order valence-electron chi connectivity index (χ1n) is 5.75. The first-order chi connectivity index (χ1) is 7.76. The summed E-state index contributed by atoms with van der Waals surface area (Å²) in [7, 11) is 1.57. The Hall–Kier alpha value is -1.27. The highest BCUT2D eigenvalue weighted by Gasteiger charge is 2.11. The third kappa shape index (κ3) is 4.50. The second kappa shape index (κ2) is 7.08. The van der Waals surface area contributed by atoms with E-state index in [9.17, 15) is 4.39 Å². The summed E-state index contributed by atoms with van der Waals surface area (Å²) in [6.45, 7) is 3.33. The standard InChI is InChI=1S/C14H19FO/c1-3-7-13(15)11-14(16-2)10-12-8-5-4-6-9-12/h7,10-12H,1,4-6,8-9H2,2H3/b13-11+,14-10-. The van der Waals surface area contributed by atoms with Crippen LogP contribution in [0.5, 0.6) is 0 Å². The number of methoxy groups -OCH3 is 1. The summed E-state index contributed by atoms with van der Waals surface area (Å²) >= 11 is 0. The molecule has 0 radical (unpaired) electrons. The van der Waals surface area contributed by atoms with Crippen molar-refractivity contribution in [2.45, 2.75) is 32.1 Å². The van der Waals surface area contributed by atoms with E-state index in [1.165, 1.54) is 44.3 Å². The molecule has 16 heavy (non-hydrogen) atoms. The topological polar surface area (TPSA) is 9.23 Å². The van der Waals surface area contributed by atoms with Gasteiger partial charge >= 0.3 is 0 Å². The number of allylic oxidation sites excluding steroid dienone is 4. The van der Waals surface area contributed by atoms with Gasteiger partial charge in [-0.2, -0.15) is 0 Å². The molecule has 1 aliphatic carbocycles. The van der Waals surface area contributed by atoms with Gasteiger partial charge in [-0.3, -0.25) is 0 Å². The molecule has 0 spiro atoms. The molecular formula is C14H19FO. The number of hydrogen-bond donors (Lipinski definition) is 0. The molecule has 0 aromatic rings. The molecule has 0 N–H and O–H groups in total. The van der Waals surface area contributed by atoms with E-state index < -0.39 is 0 Å². The highest BCUT2D eigenvalue weighted by Crippen LogP contribution is 2.26. The number of halogens is 1. The monoisotopic (exact) mass is 222 g/mol. The summed E-state index contributed by atoms with van der Waals surface area (Å²) in [5.74, 6) is 0.746. The van der Waals surface area contributed by atoms with Crippen LogP contribution in [-0.2, 0) is 4.74 Å². The van der Waals surface area contributed by atoms with Crippen LogP contribution in [0, 0.1) is 5.92 Å². The van der Waals surface area contributed by atoms with Crippen molar-refractivity contribution in [3.05, 3.63) is 42.1 Å². The molecule has 0 aliphatic heterocycles. The number of ether oxygens (including phenoxy) is 1. The fourth-order valence-electron chi connectivity index (χ4n) is 1.98. The zero-order chi connectivity index (χ0) is 11.8. The molecule has 0 amide bonds. The van der Waals surface area contributed by atoms with E-state index >= 15 is 0 Å². The van der Waals surface area contributed by atoms with E-state index in [4.69, 9.17) is 4.74 Å². The van der Waals surface area contributed by atoms with Crippen LogP contribution < -0.4 is 0 Å². The predicted octanol–water partition coefficient (Wildman–Crippen LogP) is 4.29. The van der Waals surface area contributed by atoms with Gasteiger partial charge in [0.25, 0.3) is 0 Å². The Kier molecular flexibility index (Phi) is 5.66. The van der Waals surface area contributed by atoms with Crippen molar-refractivity contribution < 1.29 is 9.13 Å². The maximum absolute atomic E-state index is 13.2. The van der Waals surface area contributed by atoms with Gasteiger partial charge in [-0.05, 0) is 24.8 Å². The van der Waals surface area contributed by atoms with Gasteiger partial charge < -0.3 is 4.74 Å². The Labute approximate surface area is 97.0 Å². The van der Waals surface area contributed by atoms with Gasteiger partial charge in [0.05, 0.1) is 7.11 Å².